The Bertz CT molecular complexity index is 429. The third-order valence-corrected chi connectivity index (χ3v) is 2.17. The first-order valence-electron chi connectivity index (χ1n) is 4.74. The van der Waals surface area contributed by atoms with Crippen molar-refractivity contribution >= 4 is 17.3 Å². The minimum absolute atomic E-state index is 0.0255. The van der Waals surface area contributed by atoms with E-state index < -0.39 is 11.0 Å². The van der Waals surface area contributed by atoms with Gasteiger partial charge in [-0.3, -0.25) is 14.9 Å². The zero-order valence-corrected chi connectivity index (χ0v) is 9.06. The number of rotatable bonds is 3. The summed E-state index contributed by atoms with van der Waals surface area (Å²) in [6.45, 7) is 3.12. The molecule has 0 aliphatic heterocycles. The lowest BCUT2D eigenvalue weighted by atomic mass is 10.1. The summed E-state index contributed by atoms with van der Waals surface area (Å²) in [4.78, 5) is 21.5. The van der Waals surface area contributed by atoms with Crippen LogP contribution in [0.5, 0.6) is 0 Å². The second-order valence-electron chi connectivity index (χ2n) is 3.48. The van der Waals surface area contributed by atoms with Gasteiger partial charge < -0.3 is 11.1 Å². The first kappa shape index (κ1) is 12.1. The number of carbonyl (C=O) groups excluding carboxylic acids is 1. The van der Waals surface area contributed by atoms with E-state index in [-0.39, 0.29) is 11.6 Å². The largest absolute Gasteiger partial charge is 0.324 e. The SMILES string of the molecule is Cc1c(NC(=O)[C@H](C)N)cccc1[N+](=O)[O-]. The van der Waals surface area contributed by atoms with Crippen molar-refractivity contribution < 1.29 is 9.72 Å². The monoisotopic (exact) mass is 223 g/mol. The molecule has 6 heteroatoms. The third kappa shape index (κ3) is 2.54. The number of amides is 1. The summed E-state index contributed by atoms with van der Waals surface area (Å²) < 4.78 is 0. The Kier molecular flexibility index (Phi) is 3.57. The van der Waals surface area contributed by atoms with Gasteiger partial charge >= 0.3 is 0 Å². The van der Waals surface area contributed by atoms with Crippen molar-refractivity contribution in [1.82, 2.24) is 0 Å². The van der Waals surface area contributed by atoms with Crippen molar-refractivity contribution in [2.24, 2.45) is 5.73 Å². The van der Waals surface area contributed by atoms with Crippen LogP contribution in [0.15, 0.2) is 18.2 Å². The molecule has 1 atom stereocenters. The van der Waals surface area contributed by atoms with Crippen LogP contribution in [0.3, 0.4) is 0 Å². The van der Waals surface area contributed by atoms with Crippen molar-refractivity contribution in [3.8, 4) is 0 Å². The molecule has 1 aromatic carbocycles. The molecule has 16 heavy (non-hydrogen) atoms. The number of carbonyl (C=O) groups is 1. The van der Waals surface area contributed by atoms with Gasteiger partial charge in [-0.25, -0.2) is 0 Å². The molecule has 0 saturated heterocycles. The molecular formula is C10H13N3O3. The number of nitrogens with zero attached hydrogens (tertiary/aromatic N) is 1. The zero-order valence-electron chi connectivity index (χ0n) is 9.06. The fraction of sp³-hybridized carbons (Fsp3) is 0.300. The van der Waals surface area contributed by atoms with E-state index >= 15 is 0 Å². The van der Waals surface area contributed by atoms with Crippen LogP contribution in [0.2, 0.25) is 0 Å². The average Bonchev–Trinajstić information content (AvgIpc) is 2.20. The summed E-state index contributed by atoms with van der Waals surface area (Å²) in [5, 5.41) is 13.2. The fourth-order valence-electron chi connectivity index (χ4n) is 1.20. The fourth-order valence-corrected chi connectivity index (χ4v) is 1.20. The van der Waals surface area contributed by atoms with Crippen molar-refractivity contribution in [2.45, 2.75) is 19.9 Å². The second kappa shape index (κ2) is 4.71. The number of nitro benzene ring substituents is 1. The Morgan fingerprint density at radius 3 is 2.69 bits per heavy atom. The molecule has 0 spiro atoms. The van der Waals surface area contributed by atoms with Gasteiger partial charge in [0.25, 0.3) is 5.69 Å². The third-order valence-electron chi connectivity index (χ3n) is 2.17. The van der Waals surface area contributed by atoms with Crippen LogP contribution >= 0.6 is 0 Å². The summed E-state index contributed by atoms with van der Waals surface area (Å²) in [6.07, 6.45) is 0. The Morgan fingerprint density at radius 1 is 1.56 bits per heavy atom. The van der Waals surface area contributed by atoms with E-state index in [9.17, 15) is 14.9 Å². The van der Waals surface area contributed by atoms with Gasteiger partial charge in [-0.2, -0.15) is 0 Å². The summed E-state index contributed by atoms with van der Waals surface area (Å²) in [7, 11) is 0. The number of nitrogens with one attached hydrogen (secondary N) is 1. The van der Waals surface area contributed by atoms with Gasteiger partial charge in [0.1, 0.15) is 0 Å². The summed E-state index contributed by atoms with van der Waals surface area (Å²) in [6, 6.07) is 3.85. The number of nitro groups is 1. The maximum atomic E-state index is 11.3. The van der Waals surface area contributed by atoms with Gasteiger partial charge in [0, 0.05) is 6.07 Å². The number of anilines is 1. The Balaban J connectivity index is 3.02. The number of hydrogen-bond donors (Lipinski definition) is 2. The Morgan fingerprint density at radius 2 is 2.19 bits per heavy atom. The zero-order chi connectivity index (χ0) is 12.3. The number of hydrogen-bond acceptors (Lipinski definition) is 4. The predicted molar refractivity (Wildman–Crippen MR) is 60.1 cm³/mol. The second-order valence-corrected chi connectivity index (χ2v) is 3.48. The molecule has 86 valence electrons. The molecule has 0 aromatic heterocycles. The van der Waals surface area contributed by atoms with Gasteiger partial charge in [-0.15, -0.1) is 0 Å². The highest BCUT2D eigenvalue weighted by Crippen LogP contribution is 2.24. The minimum atomic E-state index is -0.654. The number of nitrogens with two attached hydrogens (primary N) is 1. The highest BCUT2D eigenvalue weighted by molar-refractivity contribution is 5.95. The molecule has 1 rings (SSSR count). The van der Waals surface area contributed by atoms with Crippen LogP contribution in [0.25, 0.3) is 0 Å². The molecule has 0 unspecified atom stereocenters. The van der Waals surface area contributed by atoms with Crippen LogP contribution in [-0.2, 0) is 4.79 Å². The van der Waals surface area contributed by atoms with Gasteiger partial charge in [-0.05, 0) is 19.9 Å². The topological polar surface area (TPSA) is 98.3 Å². The lowest BCUT2D eigenvalue weighted by Gasteiger charge is -2.10. The molecule has 0 aliphatic carbocycles. The molecule has 1 aromatic rings. The molecule has 0 fully saturated rings. The Labute approximate surface area is 92.6 Å². The van der Waals surface area contributed by atoms with Crippen LogP contribution in [0, 0.1) is 17.0 Å². The van der Waals surface area contributed by atoms with Crippen molar-refractivity contribution in [1.29, 1.82) is 0 Å². The quantitative estimate of drug-likeness (QED) is 0.593. The van der Waals surface area contributed by atoms with E-state index in [0.717, 1.165) is 0 Å². The Hall–Kier alpha value is -1.95. The molecule has 0 saturated carbocycles. The summed E-state index contributed by atoms with van der Waals surface area (Å²) in [5.74, 6) is -0.372. The maximum absolute atomic E-state index is 11.3. The van der Waals surface area contributed by atoms with Gasteiger partial charge in [-0.1, -0.05) is 6.07 Å². The van der Waals surface area contributed by atoms with Gasteiger partial charge in [0.15, 0.2) is 0 Å². The van der Waals surface area contributed by atoms with Crippen molar-refractivity contribution in [3.05, 3.63) is 33.9 Å². The summed E-state index contributed by atoms with van der Waals surface area (Å²) >= 11 is 0. The van der Waals surface area contributed by atoms with E-state index in [0.29, 0.717) is 11.3 Å². The first-order valence-corrected chi connectivity index (χ1v) is 4.74. The normalized spacial score (nSPS) is 11.9. The van der Waals surface area contributed by atoms with E-state index in [1.165, 1.54) is 12.1 Å². The molecule has 3 N–H and O–H groups in total. The standard InChI is InChI=1S/C10H13N3O3/c1-6-8(12-10(14)7(2)11)4-3-5-9(6)13(15)16/h3-5,7H,11H2,1-2H3,(H,12,14)/t7-/m0/s1. The minimum Gasteiger partial charge on any atom is -0.324 e. The molecular weight excluding hydrogens is 210 g/mol. The average molecular weight is 223 g/mol. The highest BCUT2D eigenvalue weighted by atomic mass is 16.6. The van der Waals surface area contributed by atoms with Gasteiger partial charge in [0.2, 0.25) is 5.91 Å². The predicted octanol–water partition coefficient (Wildman–Crippen LogP) is 1.19. The first-order chi connectivity index (χ1) is 7.43. The van der Waals surface area contributed by atoms with Crippen LogP contribution < -0.4 is 11.1 Å². The van der Waals surface area contributed by atoms with Crippen LogP contribution in [0.4, 0.5) is 11.4 Å². The molecule has 0 radical (unpaired) electrons. The lowest BCUT2D eigenvalue weighted by molar-refractivity contribution is -0.385. The summed E-state index contributed by atoms with van der Waals surface area (Å²) in [5.41, 5.74) is 6.19. The van der Waals surface area contributed by atoms with E-state index in [1.54, 1.807) is 19.9 Å². The van der Waals surface area contributed by atoms with Crippen molar-refractivity contribution in [3.63, 3.8) is 0 Å². The maximum Gasteiger partial charge on any atom is 0.274 e. The lowest BCUT2D eigenvalue weighted by Crippen LogP contribution is -2.32. The molecule has 0 heterocycles. The smallest absolute Gasteiger partial charge is 0.274 e. The van der Waals surface area contributed by atoms with E-state index in [2.05, 4.69) is 5.32 Å². The van der Waals surface area contributed by atoms with E-state index in [4.69, 9.17) is 5.73 Å². The molecule has 0 aliphatic rings. The highest BCUT2D eigenvalue weighted by Gasteiger charge is 2.15. The van der Waals surface area contributed by atoms with Gasteiger partial charge in [0.05, 0.1) is 22.2 Å². The molecule has 0 bridgehead atoms. The van der Waals surface area contributed by atoms with Crippen molar-refractivity contribution in [2.75, 3.05) is 5.32 Å². The molecule has 6 nitrogen and oxygen atoms in total. The van der Waals surface area contributed by atoms with Crippen LogP contribution in [0.1, 0.15) is 12.5 Å². The molecule has 1 amide bonds. The van der Waals surface area contributed by atoms with E-state index in [1.807, 2.05) is 0 Å². The number of benzene rings is 1. The van der Waals surface area contributed by atoms with Crippen LogP contribution in [-0.4, -0.2) is 16.9 Å².